The first-order chi connectivity index (χ1) is 9.83. The van der Waals surface area contributed by atoms with Crippen LogP contribution in [0.4, 0.5) is 0 Å². The Hall–Kier alpha value is -0.840. The Morgan fingerprint density at radius 1 is 1.35 bits per heavy atom. The molecule has 2 heterocycles. The molecular formula is C16H21NO2S. The van der Waals surface area contributed by atoms with Gasteiger partial charge < -0.3 is 10.1 Å². The van der Waals surface area contributed by atoms with Gasteiger partial charge in [-0.05, 0) is 17.5 Å². The first-order valence-electron chi connectivity index (χ1n) is 7.35. The number of carbonyl (C=O) groups excluding carboxylic acids is 1. The highest BCUT2D eigenvalue weighted by molar-refractivity contribution is 7.99. The molecule has 2 unspecified atom stereocenters. The van der Waals surface area contributed by atoms with Crippen molar-refractivity contribution in [1.29, 1.82) is 0 Å². The number of ether oxygens (including phenoxy) is 1. The van der Waals surface area contributed by atoms with Crippen molar-refractivity contribution in [3.05, 3.63) is 35.4 Å². The van der Waals surface area contributed by atoms with Crippen LogP contribution in [0.1, 0.15) is 30.1 Å². The first kappa shape index (κ1) is 14.1. The fraction of sp³-hybridized carbons (Fsp3) is 0.562. The first-order valence-corrected chi connectivity index (χ1v) is 8.50. The van der Waals surface area contributed by atoms with Crippen molar-refractivity contribution in [2.45, 2.75) is 31.4 Å². The Labute approximate surface area is 124 Å². The van der Waals surface area contributed by atoms with Crippen LogP contribution in [0.15, 0.2) is 24.3 Å². The number of carbonyl (C=O) groups is 1. The lowest BCUT2D eigenvalue weighted by Crippen LogP contribution is -2.39. The van der Waals surface area contributed by atoms with Crippen molar-refractivity contribution in [2.24, 2.45) is 0 Å². The van der Waals surface area contributed by atoms with E-state index in [0.29, 0.717) is 24.7 Å². The van der Waals surface area contributed by atoms with Gasteiger partial charge in [-0.15, -0.1) is 0 Å². The highest BCUT2D eigenvalue weighted by atomic mass is 32.2. The maximum atomic E-state index is 12.3. The Bertz CT molecular complexity index is 471. The van der Waals surface area contributed by atoms with Gasteiger partial charge >= 0.3 is 0 Å². The summed E-state index contributed by atoms with van der Waals surface area (Å²) >= 11 is 1.93. The van der Waals surface area contributed by atoms with Crippen LogP contribution in [-0.2, 0) is 16.0 Å². The van der Waals surface area contributed by atoms with Gasteiger partial charge in [0, 0.05) is 36.9 Å². The van der Waals surface area contributed by atoms with Gasteiger partial charge in [0.25, 0.3) is 0 Å². The van der Waals surface area contributed by atoms with E-state index in [1.54, 1.807) is 0 Å². The number of thioether (sulfide) groups is 1. The number of Topliss-reactive ketones (excluding diaryl/α,β-unsaturated/α-hetero) is 1. The molecule has 20 heavy (non-hydrogen) atoms. The second kappa shape index (κ2) is 6.74. The summed E-state index contributed by atoms with van der Waals surface area (Å²) < 4.78 is 5.82. The van der Waals surface area contributed by atoms with E-state index in [1.165, 1.54) is 11.1 Å². The molecule has 0 bridgehead atoms. The zero-order valence-corrected chi connectivity index (χ0v) is 12.5. The molecule has 3 rings (SSSR count). The van der Waals surface area contributed by atoms with Crippen LogP contribution in [0, 0.1) is 0 Å². The fourth-order valence-corrected chi connectivity index (χ4v) is 3.91. The Balaban J connectivity index is 1.59. The monoisotopic (exact) mass is 291 g/mol. The Morgan fingerprint density at radius 3 is 3.10 bits per heavy atom. The molecule has 0 radical (unpaired) electrons. The molecule has 0 aromatic heterocycles. The summed E-state index contributed by atoms with van der Waals surface area (Å²) in [6.45, 7) is 1.75. The van der Waals surface area contributed by atoms with Crippen molar-refractivity contribution in [3.8, 4) is 0 Å². The third-order valence-corrected chi connectivity index (χ3v) is 5.11. The SMILES string of the molecule is O=C(CC1CSCCN1)CC1OCCc2ccccc21. The third kappa shape index (κ3) is 3.43. The molecule has 0 spiro atoms. The molecule has 2 aliphatic heterocycles. The third-order valence-electron chi connectivity index (χ3n) is 3.98. The van der Waals surface area contributed by atoms with Gasteiger partial charge in [-0.1, -0.05) is 24.3 Å². The average molecular weight is 291 g/mol. The predicted octanol–water partition coefficient (Wildman–Crippen LogP) is 2.35. The molecule has 0 saturated carbocycles. The molecule has 4 heteroatoms. The summed E-state index contributed by atoms with van der Waals surface area (Å²) in [6, 6.07) is 8.69. The van der Waals surface area contributed by atoms with E-state index in [1.807, 2.05) is 17.8 Å². The summed E-state index contributed by atoms with van der Waals surface area (Å²) in [5.74, 6) is 2.52. The minimum absolute atomic E-state index is 0.0382. The van der Waals surface area contributed by atoms with Crippen LogP contribution in [0.5, 0.6) is 0 Å². The highest BCUT2D eigenvalue weighted by Crippen LogP contribution is 2.30. The zero-order valence-electron chi connectivity index (χ0n) is 11.6. The molecule has 2 aliphatic rings. The Morgan fingerprint density at radius 2 is 2.25 bits per heavy atom. The maximum Gasteiger partial charge on any atom is 0.137 e. The second-order valence-electron chi connectivity index (χ2n) is 5.48. The van der Waals surface area contributed by atoms with E-state index in [0.717, 1.165) is 31.1 Å². The lowest BCUT2D eigenvalue weighted by molar-refractivity contribution is -0.122. The minimum Gasteiger partial charge on any atom is -0.373 e. The van der Waals surface area contributed by atoms with Crippen LogP contribution < -0.4 is 5.32 Å². The number of hydrogen-bond acceptors (Lipinski definition) is 4. The van der Waals surface area contributed by atoms with E-state index in [-0.39, 0.29) is 6.10 Å². The molecule has 3 nitrogen and oxygen atoms in total. The van der Waals surface area contributed by atoms with E-state index in [2.05, 4.69) is 23.5 Å². The molecular weight excluding hydrogens is 270 g/mol. The standard InChI is InChI=1S/C16H21NO2S/c18-14(9-13-11-20-8-6-17-13)10-16-15-4-2-1-3-12(15)5-7-19-16/h1-4,13,16-17H,5-11H2. The molecule has 0 aliphatic carbocycles. The fourth-order valence-electron chi connectivity index (χ4n) is 2.96. The maximum absolute atomic E-state index is 12.3. The molecule has 2 atom stereocenters. The van der Waals surface area contributed by atoms with E-state index >= 15 is 0 Å². The largest absolute Gasteiger partial charge is 0.373 e. The number of ketones is 1. The Kier molecular flexibility index (Phi) is 4.76. The van der Waals surface area contributed by atoms with E-state index < -0.39 is 0 Å². The number of rotatable bonds is 4. The van der Waals surface area contributed by atoms with Crippen molar-refractivity contribution in [1.82, 2.24) is 5.32 Å². The summed E-state index contributed by atoms with van der Waals surface area (Å²) in [5.41, 5.74) is 2.54. The normalized spacial score (nSPS) is 26.0. The van der Waals surface area contributed by atoms with Gasteiger partial charge in [-0.2, -0.15) is 11.8 Å². The number of hydrogen-bond donors (Lipinski definition) is 1. The van der Waals surface area contributed by atoms with Crippen LogP contribution in [0.25, 0.3) is 0 Å². The molecule has 1 fully saturated rings. The minimum atomic E-state index is -0.0382. The topological polar surface area (TPSA) is 38.3 Å². The van der Waals surface area contributed by atoms with Gasteiger partial charge in [0.15, 0.2) is 0 Å². The van der Waals surface area contributed by atoms with Crippen molar-refractivity contribution in [2.75, 3.05) is 24.7 Å². The van der Waals surface area contributed by atoms with Crippen LogP contribution in [0.3, 0.4) is 0 Å². The van der Waals surface area contributed by atoms with Crippen LogP contribution >= 0.6 is 11.8 Å². The lowest BCUT2D eigenvalue weighted by atomic mass is 9.93. The quantitative estimate of drug-likeness (QED) is 0.924. The zero-order chi connectivity index (χ0) is 13.8. The molecule has 1 aromatic carbocycles. The lowest BCUT2D eigenvalue weighted by Gasteiger charge is -2.27. The smallest absolute Gasteiger partial charge is 0.137 e. The van der Waals surface area contributed by atoms with Gasteiger partial charge in [-0.3, -0.25) is 4.79 Å². The number of nitrogens with one attached hydrogen (secondary N) is 1. The summed E-state index contributed by atoms with van der Waals surface area (Å²) in [6.07, 6.45) is 2.07. The van der Waals surface area contributed by atoms with Gasteiger partial charge in [0.05, 0.1) is 12.7 Å². The summed E-state index contributed by atoms with van der Waals surface area (Å²) in [4.78, 5) is 12.3. The van der Waals surface area contributed by atoms with Crippen LogP contribution in [-0.4, -0.2) is 36.5 Å². The van der Waals surface area contributed by atoms with E-state index in [4.69, 9.17) is 4.74 Å². The van der Waals surface area contributed by atoms with Crippen molar-refractivity contribution < 1.29 is 9.53 Å². The summed E-state index contributed by atoms with van der Waals surface area (Å²) in [7, 11) is 0. The molecule has 1 saturated heterocycles. The van der Waals surface area contributed by atoms with Crippen molar-refractivity contribution >= 4 is 17.5 Å². The van der Waals surface area contributed by atoms with Crippen molar-refractivity contribution in [3.63, 3.8) is 0 Å². The predicted molar refractivity (Wildman–Crippen MR) is 82.2 cm³/mol. The van der Waals surface area contributed by atoms with Gasteiger partial charge in [0.2, 0.25) is 0 Å². The van der Waals surface area contributed by atoms with Gasteiger partial charge in [-0.25, -0.2) is 0 Å². The molecule has 1 aromatic rings. The molecule has 108 valence electrons. The number of fused-ring (bicyclic) bond motifs is 1. The second-order valence-corrected chi connectivity index (χ2v) is 6.63. The number of benzene rings is 1. The van der Waals surface area contributed by atoms with Gasteiger partial charge in [0.1, 0.15) is 5.78 Å². The average Bonchev–Trinajstić information content (AvgIpc) is 2.48. The molecule has 0 amide bonds. The van der Waals surface area contributed by atoms with E-state index in [9.17, 15) is 4.79 Å². The molecule has 1 N–H and O–H groups in total. The highest BCUT2D eigenvalue weighted by Gasteiger charge is 2.24. The van der Waals surface area contributed by atoms with Crippen LogP contribution in [0.2, 0.25) is 0 Å². The summed E-state index contributed by atoms with van der Waals surface area (Å²) in [5, 5.41) is 3.42.